The Hall–Kier alpha value is -0.250. The molecule has 76 valence electrons. The number of thioether (sulfide) groups is 1. The van der Waals surface area contributed by atoms with Crippen LogP contribution in [0.25, 0.3) is 0 Å². The molecule has 1 N–H and O–H groups in total. The highest BCUT2D eigenvalue weighted by atomic mass is 32.2. The molecule has 1 aromatic rings. The van der Waals surface area contributed by atoms with Crippen molar-refractivity contribution in [2.24, 2.45) is 0 Å². The Labute approximate surface area is 92.8 Å². The molecule has 0 spiro atoms. The number of rotatable bonds is 2. The van der Waals surface area contributed by atoms with Crippen LogP contribution in [0, 0.1) is 0 Å². The lowest BCUT2D eigenvalue weighted by Gasteiger charge is -2.08. The van der Waals surface area contributed by atoms with Gasteiger partial charge in [0, 0.05) is 15.5 Å². The van der Waals surface area contributed by atoms with Gasteiger partial charge in [-0.2, -0.15) is 11.8 Å². The summed E-state index contributed by atoms with van der Waals surface area (Å²) in [5.74, 6) is 2.32. The molecule has 14 heavy (non-hydrogen) atoms. The van der Waals surface area contributed by atoms with Gasteiger partial charge < -0.3 is 5.11 Å². The van der Waals surface area contributed by atoms with Crippen LogP contribution < -0.4 is 0 Å². The quantitative estimate of drug-likeness (QED) is 0.782. The van der Waals surface area contributed by atoms with Crippen molar-refractivity contribution in [3.05, 3.63) is 33.5 Å². The van der Waals surface area contributed by atoms with Crippen LogP contribution >= 0.6 is 23.1 Å². The van der Waals surface area contributed by atoms with Gasteiger partial charge in [-0.1, -0.05) is 6.58 Å². The van der Waals surface area contributed by atoms with Gasteiger partial charge in [-0.05, 0) is 36.3 Å². The summed E-state index contributed by atoms with van der Waals surface area (Å²) in [6, 6.07) is 2.14. The fourth-order valence-electron chi connectivity index (χ4n) is 1.55. The van der Waals surface area contributed by atoms with Crippen molar-refractivity contribution in [2.45, 2.75) is 25.2 Å². The Morgan fingerprint density at radius 1 is 1.64 bits per heavy atom. The number of hydrogen-bond donors (Lipinski definition) is 1. The second-order valence-electron chi connectivity index (χ2n) is 3.65. The highest BCUT2D eigenvalue weighted by molar-refractivity contribution is 7.98. The van der Waals surface area contributed by atoms with Crippen molar-refractivity contribution in [1.82, 2.24) is 0 Å². The molecule has 0 saturated carbocycles. The Kier molecular flexibility index (Phi) is 3.00. The summed E-state index contributed by atoms with van der Waals surface area (Å²) in [4.78, 5) is 2.52. The maximum atomic E-state index is 9.85. The SMILES string of the molecule is C=C(C)C(O)c1cc2c(s1)CCSC2. The molecule has 1 aliphatic heterocycles. The third-order valence-electron chi connectivity index (χ3n) is 2.38. The van der Waals surface area contributed by atoms with E-state index in [0.29, 0.717) is 0 Å². The lowest BCUT2D eigenvalue weighted by Crippen LogP contribution is -1.96. The molecule has 0 aliphatic carbocycles. The summed E-state index contributed by atoms with van der Waals surface area (Å²) < 4.78 is 0. The largest absolute Gasteiger partial charge is 0.383 e. The Balaban J connectivity index is 2.28. The van der Waals surface area contributed by atoms with Gasteiger partial charge in [0.15, 0.2) is 0 Å². The molecule has 1 nitrogen and oxygen atoms in total. The first-order chi connectivity index (χ1) is 6.68. The molecule has 0 radical (unpaired) electrons. The number of thiophene rings is 1. The minimum Gasteiger partial charge on any atom is -0.383 e. The van der Waals surface area contributed by atoms with Gasteiger partial charge >= 0.3 is 0 Å². The maximum Gasteiger partial charge on any atom is 0.109 e. The number of aliphatic hydroxyl groups is 1. The zero-order valence-corrected chi connectivity index (χ0v) is 9.88. The molecule has 2 rings (SSSR count). The Morgan fingerprint density at radius 2 is 2.43 bits per heavy atom. The molecule has 1 aromatic heterocycles. The topological polar surface area (TPSA) is 20.2 Å². The van der Waals surface area contributed by atoms with E-state index in [-0.39, 0.29) is 0 Å². The zero-order chi connectivity index (χ0) is 10.1. The van der Waals surface area contributed by atoms with Gasteiger partial charge in [-0.3, -0.25) is 0 Å². The summed E-state index contributed by atoms with van der Waals surface area (Å²) in [6.07, 6.45) is 0.698. The van der Waals surface area contributed by atoms with Gasteiger partial charge in [-0.25, -0.2) is 0 Å². The normalized spacial score (nSPS) is 17.6. The molecule has 3 heteroatoms. The van der Waals surface area contributed by atoms with Crippen LogP contribution in [0.1, 0.15) is 28.3 Å². The van der Waals surface area contributed by atoms with Crippen LogP contribution in [0.15, 0.2) is 18.2 Å². The molecular formula is C11H14OS2. The van der Waals surface area contributed by atoms with Crippen LogP contribution in [0.5, 0.6) is 0 Å². The number of fused-ring (bicyclic) bond motifs is 1. The summed E-state index contributed by atoms with van der Waals surface area (Å²) in [5.41, 5.74) is 2.25. The lowest BCUT2D eigenvalue weighted by atomic mass is 10.1. The molecule has 2 heterocycles. The minimum atomic E-state index is -0.462. The smallest absolute Gasteiger partial charge is 0.109 e. The Bertz CT molecular complexity index is 331. The van der Waals surface area contributed by atoms with Gasteiger partial charge in [0.05, 0.1) is 0 Å². The number of aryl methyl sites for hydroxylation is 1. The van der Waals surface area contributed by atoms with Crippen LogP contribution in [-0.2, 0) is 12.2 Å². The standard InChI is InChI=1S/C11H14OS2/c1-7(2)11(12)10-5-8-6-13-4-3-9(8)14-10/h5,11-12H,1,3-4,6H2,2H3. The summed E-state index contributed by atoms with van der Waals surface area (Å²) in [7, 11) is 0. The average molecular weight is 226 g/mol. The third kappa shape index (κ3) is 1.90. The van der Waals surface area contributed by atoms with E-state index in [1.54, 1.807) is 11.3 Å². The maximum absolute atomic E-state index is 9.85. The van der Waals surface area contributed by atoms with Crippen LogP contribution in [-0.4, -0.2) is 10.9 Å². The van der Waals surface area contributed by atoms with Crippen molar-refractivity contribution in [3.63, 3.8) is 0 Å². The first-order valence-electron chi connectivity index (χ1n) is 4.71. The van der Waals surface area contributed by atoms with E-state index in [1.807, 2.05) is 18.7 Å². The molecule has 0 aromatic carbocycles. The van der Waals surface area contributed by atoms with E-state index in [0.717, 1.165) is 22.6 Å². The first-order valence-corrected chi connectivity index (χ1v) is 6.68. The zero-order valence-electron chi connectivity index (χ0n) is 8.25. The van der Waals surface area contributed by atoms with E-state index in [9.17, 15) is 5.11 Å². The Morgan fingerprint density at radius 3 is 3.07 bits per heavy atom. The lowest BCUT2D eigenvalue weighted by molar-refractivity contribution is 0.220. The van der Waals surface area contributed by atoms with Crippen LogP contribution in [0.3, 0.4) is 0 Å². The average Bonchev–Trinajstić information content (AvgIpc) is 2.59. The fraction of sp³-hybridized carbons (Fsp3) is 0.455. The highest BCUT2D eigenvalue weighted by Gasteiger charge is 2.17. The molecular weight excluding hydrogens is 212 g/mol. The molecule has 0 bridgehead atoms. The third-order valence-corrected chi connectivity index (χ3v) is 4.68. The fourth-order valence-corrected chi connectivity index (χ4v) is 4.00. The number of hydrogen-bond acceptors (Lipinski definition) is 3. The minimum absolute atomic E-state index is 0.462. The van der Waals surface area contributed by atoms with Crippen molar-refractivity contribution in [3.8, 4) is 0 Å². The second-order valence-corrected chi connectivity index (χ2v) is 5.92. The van der Waals surface area contributed by atoms with Gasteiger partial charge in [0.1, 0.15) is 6.10 Å². The molecule has 1 unspecified atom stereocenters. The van der Waals surface area contributed by atoms with Crippen molar-refractivity contribution < 1.29 is 5.11 Å². The number of aliphatic hydroxyl groups excluding tert-OH is 1. The molecule has 0 saturated heterocycles. The highest BCUT2D eigenvalue weighted by Crippen LogP contribution is 2.35. The van der Waals surface area contributed by atoms with E-state index >= 15 is 0 Å². The van der Waals surface area contributed by atoms with Gasteiger partial charge in [0.25, 0.3) is 0 Å². The second kappa shape index (κ2) is 4.09. The van der Waals surface area contributed by atoms with Crippen molar-refractivity contribution in [2.75, 3.05) is 5.75 Å². The predicted octanol–water partition coefficient (Wildman–Crippen LogP) is 3.15. The monoisotopic (exact) mass is 226 g/mol. The molecule has 0 amide bonds. The predicted molar refractivity (Wildman–Crippen MR) is 64.0 cm³/mol. The molecule has 1 aliphatic rings. The van der Waals surface area contributed by atoms with Crippen LogP contribution in [0.2, 0.25) is 0 Å². The van der Waals surface area contributed by atoms with Gasteiger partial charge in [0.2, 0.25) is 0 Å². The van der Waals surface area contributed by atoms with E-state index in [2.05, 4.69) is 12.6 Å². The van der Waals surface area contributed by atoms with Gasteiger partial charge in [-0.15, -0.1) is 11.3 Å². The molecule has 1 atom stereocenters. The van der Waals surface area contributed by atoms with Crippen LogP contribution in [0.4, 0.5) is 0 Å². The van der Waals surface area contributed by atoms with Crippen molar-refractivity contribution in [1.29, 1.82) is 0 Å². The summed E-state index contributed by atoms with van der Waals surface area (Å²) >= 11 is 3.72. The summed E-state index contributed by atoms with van der Waals surface area (Å²) in [5, 5.41) is 9.85. The summed E-state index contributed by atoms with van der Waals surface area (Å²) in [6.45, 7) is 5.66. The molecule has 0 fully saturated rings. The van der Waals surface area contributed by atoms with Crippen molar-refractivity contribution >= 4 is 23.1 Å². The van der Waals surface area contributed by atoms with E-state index < -0.39 is 6.10 Å². The van der Waals surface area contributed by atoms with E-state index in [1.165, 1.54) is 16.2 Å². The first kappa shape index (κ1) is 10.3. The van der Waals surface area contributed by atoms with E-state index in [4.69, 9.17) is 0 Å².